The van der Waals surface area contributed by atoms with Gasteiger partial charge in [-0.3, -0.25) is 14.6 Å². The molecule has 0 unspecified atom stereocenters. The molecule has 2 rings (SSSR count). The number of aromatic nitrogens is 2. The first-order valence-electron chi connectivity index (χ1n) is 5.96. The van der Waals surface area contributed by atoms with E-state index in [4.69, 9.17) is 15.9 Å². The summed E-state index contributed by atoms with van der Waals surface area (Å²) < 4.78 is 0. The van der Waals surface area contributed by atoms with Gasteiger partial charge in [0.1, 0.15) is 18.4 Å². The van der Waals surface area contributed by atoms with E-state index in [1.807, 2.05) is 0 Å². The number of carbonyl (C=O) groups is 2. The van der Waals surface area contributed by atoms with Crippen molar-refractivity contribution in [2.45, 2.75) is 18.6 Å². The monoisotopic (exact) mass is 281 g/mol. The van der Waals surface area contributed by atoms with Crippen LogP contribution in [-0.4, -0.2) is 68.0 Å². The van der Waals surface area contributed by atoms with Crippen molar-refractivity contribution >= 4 is 17.6 Å². The lowest BCUT2D eigenvalue weighted by Crippen LogP contribution is -2.50. The molecule has 108 valence electrons. The van der Waals surface area contributed by atoms with E-state index in [2.05, 4.69) is 15.0 Å². The van der Waals surface area contributed by atoms with Crippen LogP contribution in [0, 0.1) is 0 Å². The van der Waals surface area contributed by atoms with Crippen molar-refractivity contribution in [1.29, 1.82) is 0 Å². The maximum Gasteiger partial charge on any atom is 0.323 e. The quantitative estimate of drug-likeness (QED) is 0.473. The van der Waals surface area contributed by atoms with Gasteiger partial charge in [0.2, 0.25) is 0 Å². The Morgan fingerprint density at radius 1 is 1.60 bits per heavy atom. The molecule has 1 aromatic rings. The summed E-state index contributed by atoms with van der Waals surface area (Å²) in [5.41, 5.74) is 6.56. The maximum atomic E-state index is 12.2. The first-order chi connectivity index (χ1) is 9.52. The molecule has 0 fully saturated rings. The van der Waals surface area contributed by atoms with Gasteiger partial charge in [-0.1, -0.05) is 0 Å². The van der Waals surface area contributed by atoms with E-state index in [1.54, 1.807) is 6.20 Å². The highest BCUT2D eigenvalue weighted by Crippen LogP contribution is 2.16. The van der Waals surface area contributed by atoms with Crippen LogP contribution in [0.3, 0.4) is 0 Å². The SMILES string of the molecule is N[C@@H](CO)[C@H]1N=C(Cc2cnc[nH]2)C(=O)N1CC(=O)O. The highest BCUT2D eigenvalue weighted by Gasteiger charge is 2.38. The number of carboxylic acids is 1. The minimum atomic E-state index is -1.16. The van der Waals surface area contributed by atoms with E-state index in [9.17, 15) is 9.59 Å². The molecule has 0 saturated heterocycles. The van der Waals surface area contributed by atoms with Crippen LogP contribution in [0.2, 0.25) is 0 Å². The Hall–Kier alpha value is -2.26. The summed E-state index contributed by atoms with van der Waals surface area (Å²) in [6.07, 6.45) is 2.38. The second-order valence-electron chi connectivity index (χ2n) is 4.42. The Kier molecular flexibility index (Phi) is 4.11. The average Bonchev–Trinajstić information content (AvgIpc) is 3.01. The van der Waals surface area contributed by atoms with Crippen molar-refractivity contribution in [2.24, 2.45) is 10.7 Å². The van der Waals surface area contributed by atoms with Crippen molar-refractivity contribution in [2.75, 3.05) is 13.2 Å². The summed E-state index contributed by atoms with van der Waals surface area (Å²) in [5.74, 6) is -1.65. The van der Waals surface area contributed by atoms with Gasteiger partial charge in [-0.15, -0.1) is 0 Å². The predicted molar refractivity (Wildman–Crippen MR) is 67.9 cm³/mol. The molecule has 1 aromatic heterocycles. The maximum absolute atomic E-state index is 12.2. The second kappa shape index (κ2) is 5.80. The summed E-state index contributed by atoms with van der Waals surface area (Å²) in [6, 6.07) is -0.822. The lowest BCUT2D eigenvalue weighted by atomic mass is 10.2. The molecule has 0 saturated carbocycles. The van der Waals surface area contributed by atoms with E-state index in [1.165, 1.54) is 6.33 Å². The van der Waals surface area contributed by atoms with Crippen LogP contribution < -0.4 is 5.73 Å². The predicted octanol–water partition coefficient (Wildman–Crippen LogP) is -2.03. The molecule has 0 aromatic carbocycles. The van der Waals surface area contributed by atoms with Crippen molar-refractivity contribution < 1.29 is 19.8 Å². The fourth-order valence-corrected chi connectivity index (χ4v) is 1.99. The molecule has 2 atom stereocenters. The Morgan fingerprint density at radius 2 is 2.35 bits per heavy atom. The molecule has 0 bridgehead atoms. The van der Waals surface area contributed by atoms with Crippen LogP contribution in [0.25, 0.3) is 0 Å². The number of nitrogens with two attached hydrogens (primary N) is 1. The number of carbonyl (C=O) groups excluding carboxylic acids is 1. The van der Waals surface area contributed by atoms with E-state index < -0.39 is 37.2 Å². The van der Waals surface area contributed by atoms with Gasteiger partial charge in [0.25, 0.3) is 5.91 Å². The third-order valence-corrected chi connectivity index (χ3v) is 2.93. The Bertz CT molecular complexity index is 527. The molecule has 20 heavy (non-hydrogen) atoms. The summed E-state index contributed by atoms with van der Waals surface area (Å²) in [5, 5.41) is 17.9. The van der Waals surface area contributed by atoms with Gasteiger partial charge in [0, 0.05) is 18.3 Å². The van der Waals surface area contributed by atoms with Gasteiger partial charge in [0.05, 0.1) is 19.0 Å². The number of hydrogen-bond donors (Lipinski definition) is 4. The summed E-state index contributed by atoms with van der Waals surface area (Å²) >= 11 is 0. The van der Waals surface area contributed by atoms with Gasteiger partial charge in [-0.2, -0.15) is 0 Å². The highest BCUT2D eigenvalue weighted by atomic mass is 16.4. The standard InChI is InChI=1S/C11H15N5O4/c12-7(4-17)10-15-8(1-6-2-13-5-14-6)11(20)16(10)3-9(18)19/h2,5,7,10,17H,1,3-4,12H2,(H,13,14)(H,18,19)/t7-,10-/m0/s1. The number of carboxylic acid groups (broad SMARTS) is 1. The minimum absolute atomic E-state index is 0.199. The number of nitrogens with zero attached hydrogens (tertiary/aromatic N) is 3. The van der Waals surface area contributed by atoms with Crippen LogP contribution in [0.1, 0.15) is 5.69 Å². The Balaban J connectivity index is 2.19. The fourth-order valence-electron chi connectivity index (χ4n) is 1.99. The molecule has 0 aliphatic carbocycles. The van der Waals surface area contributed by atoms with Crippen LogP contribution in [0.5, 0.6) is 0 Å². The van der Waals surface area contributed by atoms with Gasteiger partial charge in [-0.05, 0) is 0 Å². The molecule has 9 heteroatoms. The average molecular weight is 281 g/mol. The zero-order valence-electron chi connectivity index (χ0n) is 10.6. The fraction of sp³-hybridized carbons (Fsp3) is 0.455. The van der Waals surface area contributed by atoms with Crippen LogP contribution >= 0.6 is 0 Å². The summed E-state index contributed by atoms with van der Waals surface area (Å²) in [4.78, 5) is 34.8. The van der Waals surface area contributed by atoms with Gasteiger partial charge in [0.15, 0.2) is 0 Å². The van der Waals surface area contributed by atoms with Crippen molar-refractivity contribution in [3.8, 4) is 0 Å². The van der Waals surface area contributed by atoms with E-state index in [0.29, 0.717) is 5.69 Å². The third kappa shape index (κ3) is 2.83. The molecule has 1 aliphatic rings. The van der Waals surface area contributed by atoms with Crippen LogP contribution in [-0.2, 0) is 16.0 Å². The topological polar surface area (TPSA) is 145 Å². The smallest absolute Gasteiger partial charge is 0.323 e. The number of imidazole rings is 1. The molecule has 9 nitrogen and oxygen atoms in total. The first kappa shape index (κ1) is 14.2. The molecular weight excluding hydrogens is 266 g/mol. The number of aromatic amines is 1. The zero-order chi connectivity index (χ0) is 14.7. The molecule has 1 aliphatic heterocycles. The Morgan fingerprint density at radius 3 is 2.90 bits per heavy atom. The largest absolute Gasteiger partial charge is 0.480 e. The number of rotatable bonds is 6. The summed E-state index contributed by atoms with van der Waals surface area (Å²) in [7, 11) is 0. The van der Waals surface area contributed by atoms with Crippen molar-refractivity contribution in [3.63, 3.8) is 0 Å². The van der Waals surface area contributed by atoms with Gasteiger partial charge >= 0.3 is 5.97 Å². The number of H-pyrrole nitrogens is 1. The number of nitrogens with one attached hydrogen (secondary N) is 1. The second-order valence-corrected chi connectivity index (χ2v) is 4.42. The molecule has 0 radical (unpaired) electrons. The van der Waals surface area contributed by atoms with E-state index >= 15 is 0 Å². The molecule has 0 spiro atoms. The normalized spacial score (nSPS) is 20.1. The van der Waals surface area contributed by atoms with Gasteiger partial charge in [-0.25, -0.2) is 4.98 Å². The molecular formula is C11H15N5O4. The summed E-state index contributed by atoms with van der Waals surface area (Å²) in [6.45, 7) is -0.901. The number of amides is 1. The van der Waals surface area contributed by atoms with Crippen LogP contribution in [0.15, 0.2) is 17.5 Å². The minimum Gasteiger partial charge on any atom is -0.480 e. The number of hydrogen-bond acceptors (Lipinski definition) is 6. The van der Waals surface area contributed by atoms with Crippen molar-refractivity contribution in [1.82, 2.24) is 14.9 Å². The van der Waals surface area contributed by atoms with E-state index in [-0.39, 0.29) is 12.1 Å². The lowest BCUT2D eigenvalue weighted by Gasteiger charge is -2.25. The first-order valence-corrected chi connectivity index (χ1v) is 5.96. The highest BCUT2D eigenvalue weighted by molar-refractivity contribution is 6.40. The van der Waals surface area contributed by atoms with Gasteiger partial charge < -0.3 is 25.8 Å². The molecule has 1 amide bonds. The Labute approximate surface area is 114 Å². The number of aliphatic hydroxyl groups is 1. The van der Waals surface area contributed by atoms with Crippen LogP contribution in [0.4, 0.5) is 0 Å². The molecule has 5 N–H and O–H groups in total. The molecule has 2 heterocycles. The number of aliphatic carboxylic acids is 1. The number of aliphatic imine (C=N–C) groups is 1. The third-order valence-electron chi connectivity index (χ3n) is 2.93. The van der Waals surface area contributed by atoms with E-state index in [0.717, 1.165) is 4.90 Å². The van der Waals surface area contributed by atoms with Crippen molar-refractivity contribution in [3.05, 3.63) is 18.2 Å². The number of aliphatic hydroxyl groups excluding tert-OH is 1. The lowest BCUT2D eigenvalue weighted by molar-refractivity contribution is -0.143. The zero-order valence-corrected chi connectivity index (χ0v) is 10.6.